The highest BCUT2D eigenvalue weighted by Gasteiger charge is 2.19. The molecule has 1 unspecified atom stereocenters. The van der Waals surface area contributed by atoms with Crippen LogP contribution in [0.15, 0.2) is 54.6 Å². The van der Waals surface area contributed by atoms with Gasteiger partial charge in [-0.3, -0.25) is 9.59 Å². The van der Waals surface area contributed by atoms with Crippen LogP contribution in [0.25, 0.3) is 0 Å². The third-order valence-corrected chi connectivity index (χ3v) is 4.10. The van der Waals surface area contributed by atoms with Crippen molar-refractivity contribution in [2.45, 2.75) is 31.7 Å². The summed E-state index contributed by atoms with van der Waals surface area (Å²) >= 11 is 5.86. The van der Waals surface area contributed by atoms with Crippen molar-refractivity contribution in [2.75, 3.05) is 0 Å². The Hall–Kier alpha value is -2.33. The van der Waals surface area contributed by atoms with Crippen molar-refractivity contribution >= 4 is 23.5 Å². The van der Waals surface area contributed by atoms with E-state index < -0.39 is 12.0 Å². The van der Waals surface area contributed by atoms with E-state index in [4.69, 9.17) is 16.7 Å². The normalized spacial score (nSPS) is 13.1. The summed E-state index contributed by atoms with van der Waals surface area (Å²) in [6, 6.07) is 16.0. The zero-order valence-electron chi connectivity index (χ0n) is 13.4. The molecule has 2 atom stereocenters. The number of halogens is 1. The van der Waals surface area contributed by atoms with Crippen LogP contribution in [0.3, 0.4) is 0 Å². The van der Waals surface area contributed by atoms with Crippen molar-refractivity contribution in [2.24, 2.45) is 0 Å². The lowest BCUT2D eigenvalue weighted by atomic mass is 9.97. The fraction of sp³-hybridized carbons (Fsp3) is 0.263. The van der Waals surface area contributed by atoms with Gasteiger partial charge in [-0.15, -0.1) is 0 Å². The fourth-order valence-corrected chi connectivity index (χ4v) is 2.68. The molecule has 2 rings (SSSR count). The molecule has 0 spiro atoms. The minimum atomic E-state index is -0.966. The van der Waals surface area contributed by atoms with Gasteiger partial charge in [-0.25, -0.2) is 0 Å². The Morgan fingerprint density at radius 1 is 1.00 bits per heavy atom. The molecule has 0 saturated heterocycles. The molecule has 0 aromatic heterocycles. The van der Waals surface area contributed by atoms with E-state index in [0.29, 0.717) is 11.4 Å². The number of nitrogens with one attached hydrogen (secondary N) is 1. The summed E-state index contributed by atoms with van der Waals surface area (Å²) in [6.45, 7) is 1.98. The van der Waals surface area contributed by atoms with Gasteiger partial charge in [0.05, 0.1) is 12.5 Å². The first-order chi connectivity index (χ1) is 11.5. The lowest BCUT2D eigenvalue weighted by molar-refractivity contribution is -0.137. The Bertz CT molecular complexity index is 686. The summed E-state index contributed by atoms with van der Waals surface area (Å²) in [6.07, 6.45) is 0.126. The maximum absolute atomic E-state index is 12.3. The van der Waals surface area contributed by atoms with Crippen LogP contribution >= 0.6 is 11.6 Å². The van der Waals surface area contributed by atoms with Crippen molar-refractivity contribution in [3.63, 3.8) is 0 Å². The number of carbonyl (C=O) groups is 2. The molecule has 0 bridgehead atoms. The minimum absolute atomic E-state index is 0.0573. The lowest BCUT2D eigenvalue weighted by Gasteiger charge is -2.19. The number of aliphatic carboxylic acids is 1. The van der Waals surface area contributed by atoms with Crippen LogP contribution in [-0.4, -0.2) is 17.0 Å². The molecule has 0 heterocycles. The van der Waals surface area contributed by atoms with Crippen LogP contribution < -0.4 is 5.32 Å². The van der Waals surface area contributed by atoms with Crippen LogP contribution in [0, 0.1) is 0 Å². The Labute approximate surface area is 146 Å². The molecular weight excluding hydrogens is 326 g/mol. The van der Waals surface area contributed by atoms with Gasteiger partial charge in [0, 0.05) is 11.4 Å². The van der Waals surface area contributed by atoms with E-state index in [-0.39, 0.29) is 18.2 Å². The van der Waals surface area contributed by atoms with Gasteiger partial charge in [0.1, 0.15) is 0 Å². The van der Waals surface area contributed by atoms with E-state index in [1.807, 2.05) is 37.3 Å². The van der Waals surface area contributed by atoms with Gasteiger partial charge in [0.25, 0.3) is 0 Å². The fourth-order valence-electron chi connectivity index (χ4n) is 2.55. The second-order valence-corrected chi connectivity index (χ2v) is 6.22. The number of benzene rings is 2. The molecule has 2 aromatic carbocycles. The van der Waals surface area contributed by atoms with Crippen molar-refractivity contribution in [1.29, 1.82) is 0 Å². The predicted octanol–water partition coefficient (Wildman–Crippen LogP) is 4.17. The third-order valence-electron chi connectivity index (χ3n) is 3.85. The number of carboxylic acids is 1. The van der Waals surface area contributed by atoms with Crippen LogP contribution in [0.5, 0.6) is 0 Å². The van der Waals surface area contributed by atoms with Gasteiger partial charge in [0.15, 0.2) is 0 Å². The molecule has 5 heteroatoms. The van der Waals surface area contributed by atoms with Gasteiger partial charge < -0.3 is 10.4 Å². The first-order valence-electron chi connectivity index (χ1n) is 7.77. The molecule has 1 amide bonds. The minimum Gasteiger partial charge on any atom is -0.481 e. The van der Waals surface area contributed by atoms with Crippen molar-refractivity contribution in [3.05, 3.63) is 70.7 Å². The molecule has 0 aliphatic carbocycles. The van der Waals surface area contributed by atoms with E-state index in [1.54, 1.807) is 24.3 Å². The van der Waals surface area contributed by atoms with E-state index in [0.717, 1.165) is 11.1 Å². The monoisotopic (exact) mass is 345 g/mol. The molecule has 0 saturated carbocycles. The summed E-state index contributed by atoms with van der Waals surface area (Å²) in [5.74, 6) is -1.08. The Kier molecular flexibility index (Phi) is 6.38. The first kappa shape index (κ1) is 18.0. The molecule has 0 radical (unpaired) electrons. The summed E-state index contributed by atoms with van der Waals surface area (Å²) in [7, 11) is 0. The number of carboxylic acid groups (broad SMARTS) is 1. The van der Waals surface area contributed by atoms with E-state index >= 15 is 0 Å². The summed E-state index contributed by atoms with van der Waals surface area (Å²) < 4.78 is 0. The van der Waals surface area contributed by atoms with E-state index in [1.165, 1.54) is 0 Å². The SMILES string of the molecule is CC(CC(=O)N[C@@H](CC(=O)O)c1ccc(Cl)cc1)c1ccccc1. The number of hydrogen-bond donors (Lipinski definition) is 2. The van der Waals surface area contributed by atoms with Gasteiger partial charge in [0.2, 0.25) is 5.91 Å². The zero-order valence-corrected chi connectivity index (χ0v) is 14.2. The maximum atomic E-state index is 12.3. The smallest absolute Gasteiger partial charge is 0.305 e. The first-order valence-corrected chi connectivity index (χ1v) is 8.15. The molecule has 24 heavy (non-hydrogen) atoms. The predicted molar refractivity (Wildman–Crippen MR) is 94.1 cm³/mol. The molecule has 4 nitrogen and oxygen atoms in total. The highest BCUT2D eigenvalue weighted by Crippen LogP contribution is 2.22. The third kappa shape index (κ3) is 5.39. The largest absolute Gasteiger partial charge is 0.481 e. The summed E-state index contributed by atoms with van der Waals surface area (Å²) in [5, 5.41) is 12.5. The lowest BCUT2D eigenvalue weighted by Crippen LogP contribution is -2.30. The van der Waals surface area contributed by atoms with Crippen LogP contribution in [0.1, 0.15) is 42.9 Å². The van der Waals surface area contributed by atoms with Crippen molar-refractivity contribution < 1.29 is 14.7 Å². The van der Waals surface area contributed by atoms with Gasteiger partial charge >= 0.3 is 5.97 Å². The molecule has 0 aliphatic rings. The Morgan fingerprint density at radius 2 is 1.62 bits per heavy atom. The highest BCUT2D eigenvalue weighted by atomic mass is 35.5. The van der Waals surface area contributed by atoms with Crippen LogP contribution in [0.4, 0.5) is 0 Å². The average Bonchev–Trinajstić information content (AvgIpc) is 2.55. The van der Waals surface area contributed by atoms with Gasteiger partial charge in [-0.2, -0.15) is 0 Å². The Morgan fingerprint density at radius 3 is 2.21 bits per heavy atom. The van der Waals surface area contributed by atoms with E-state index in [2.05, 4.69) is 5.32 Å². The van der Waals surface area contributed by atoms with Gasteiger partial charge in [-0.1, -0.05) is 61.0 Å². The topological polar surface area (TPSA) is 66.4 Å². The number of rotatable bonds is 7. The van der Waals surface area contributed by atoms with E-state index in [9.17, 15) is 9.59 Å². The quantitative estimate of drug-likeness (QED) is 0.791. The molecule has 0 aliphatic heterocycles. The Balaban J connectivity index is 2.04. The van der Waals surface area contributed by atoms with Crippen LogP contribution in [0.2, 0.25) is 5.02 Å². The molecule has 126 valence electrons. The summed E-state index contributed by atoms with van der Waals surface area (Å²) in [4.78, 5) is 23.4. The molecule has 0 fully saturated rings. The number of amides is 1. The average molecular weight is 346 g/mol. The van der Waals surface area contributed by atoms with Gasteiger partial charge in [-0.05, 0) is 29.2 Å². The second-order valence-electron chi connectivity index (χ2n) is 5.79. The molecule has 2 aromatic rings. The van der Waals surface area contributed by atoms with Crippen LogP contribution in [-0.2, 0) is 9.59 Å². The maximum Gasteiger partial charge on any atom is 0.305 e. The second kappa shape index (κ2) is 8.50. The van der Waals surface area contributed by atoms with Crippen molar-refractivity contribution in [1.82, 2.24) is 5.32 Å². The number of carbonyl (C=O) groups excluding carboxylic acids is 1. The standard InChI is InChI=1S/C19H20ClNO3/c1-13(14-5-3-2-4-6-14)11-18(22)21-17(12-19(23)24)15-7-9-16(20)10-8-15/h2-10,13,17H,11-12H2,1H3,(H,21,22)(H,23,24)/t13?,17-/m0/s1. The summed E-state index contributed by atoms with van der Waals surface area (Å²) in [5.41, 5.74) is 1.80. The van der Waals surface area contributed by atoms with Crippen molar-refractivity contribution in [3.8, 4) is 0 Å². The highest BCUT2D eigenvalue weighted by molar-refractivity contribution is 6.30. The zero-order chi connectivity index (χ0) is 17.5. The molecule has 2 N–H and O–H groups in total. The molecular formula is C19H20ClNO3. The number of hydrogen-bond acceptors (Lipinski definition) is 2.